The molecular formula is C18H16N2O5. The van der Waals surface area contributed by atoms with E-state index in [1.807, 2.05) is 0 Å². The Labute approximate surface area is 143 Å². The molecule has 0 aliphatic carbocycles. The Morgan fingerprint density at radius 3 is 2.16 bits per heavy atom. The van der Waals surface area contributed by atoms with E-state index >= 15 is 0 Å². The van der Waals surface area contributed by atoms with E-state index in [1.165, 1.54) is 13.8 Å². The summed E-state index contributed by atoms with van der Waals surface area (Å²) in [6.45, 7) is 2.90. The van der Waals surface area contributed by atoms with Crippen LogP contribution in [0.4, 0.5) is 11.4 Å². The monoisotopic (exact) mass is 340 g/mol. The second-order valence-electron chi connectivity index (χ2n) is 5.52. The van der Waals surface area contributed by atoms with Gasteiger partial charge in [-0.2, -0.15) is 0 Å². The summed E-state index contributed by atoms with van der Waals surface area (Å²) in [6.07, 6.45) is 0. The maximum Gasteiger partial charge on any atom is 0.255 e. The Bertz CT molecular complexity index is 859. The van der Waals surface area contributed by atoms with Crippen molar-refractivity contribution in [3.63, 3.8) is 0 Å². The topological polar surface area (TPSA) is 93.7 Å². The second-order valence-corrected chi connectivity index (χ2v) is 5.52. The third-order valence-electron chi connectivity index (χ3n) is 3.61. The molecule has 0 bridgehead atoms. The summed E-state index contributed by atoms with van der Waals surface area (Å²) in [7, 11) is 0. The molecule has 25 heavy (non-hydrogen) atoms. The molecule has 128 valence electrons. The highest BCUT2D eigenvalue weighted by atomic mass is 16.7. The first kappa shape index (κ1) is 16.5. The van der Waals surface area contributed by atoms with Crippen LogP contribution < -0.4 is 20.1 Å². The van der Waals surface area contributed by atoms with Crippen LogP contribution >= 0.6 is 0 Å². The third-order valence-corrected chi connectivity index (χ3v) is 3.61. The highest BCUT2D eigenvalue weighted by Gasteiger charge is 2.20. The molecule has 2 aromatic rings. The lowest BCUT2D eigenvalue weighted by Crippen LogP contribution is -2.14. The molecule has 2 aromatic carbocycles. The zero-order valence-electron chi connectivity index (χ0n) is 13.7. The molecule has 0 radical (unpaired) electrons. The molecule has 2 N–H and O–H groups in total. The van der Waals surface area contributed by atoms with Crippen LogP contribution in [-0.2, 0) is 4.79 Å². The predicted molar refractivity (Wildman–Crippen MR) is 91.3 cm³/mol. The number of anilines is 2. The Morgan fingerprint density at radius 2 is 1.56 bits per heavy atom. The second kappa shape index (κ2) is 6.64. The molecule has 7 nitrogen and oxygen atoms in total. The number of fused-ring (bicyclic) bond motifs is 1. The first-order valence-corrected chi connectivity index (χ1v) is 7.57. The smallest absolute Gasteiger partial charge is 0.255 e. The summed E-state index contributed by atoms with van der Waals surface area (Å²) < 4.78 is 10.5. The number of Topliss-reactive ketones (excluding diaryl/α,β-unsaturated/α-hetero) is 1. The van der Waals surface area contributed by atoms with Crippen LogP contribution in [0.1, 0.15) is 34.6 Å². The van der Waals surface area contributed by atoms with Crippen LogP contribution in [0.15, 0.2) is 36.4 Å². The first-order valence-electron chi connectivity index (χ1n) is 7.57. The van der Waals surface area contributed by atoms with Gasteiger partial charge in [0, 0.05) is 29.8 Å². The van der Waals surface area contributed by atoms with E-state index in [9.17, 15) is 14.4 Å². The Morgan fingerprint density at radius 1 is 0.920 bits per heavy atom. The number of hydrogen-bond acceptors (Lipinski definition) is 5. The van der Waals surface area contributed by atoms with Gasteiger partial charge in [0.15, 0.2) is 17.3 Å². The Kier molecular flexibility index (Phi) is 4.38. The van der Waals surface area contributed by atoms with Gasteiger partial charge in [0.1, 0.15) is 0 Å². The molecule has 0 atom stereocenters. The Hall–Kier alpha value is -3.35. The largest absolute Gasteiger partial charge is 0.454 e. The van der Waals surface area contributed by atoms with Crippen LogP contribution in [0.25, 0.3) is 0 Å². The van der Waals surface area contributed by atoms with Crippen molar-refractivity contribution in [1.82, 2.24) is 0 Å². The minimum Gasteiger partial charge on any atom is -0.454 e. The maximum atomic E-state index is 12.4. The standard InChI is InChI=1S/C18H16N2O5/c1-10(21)14-7-16-17(25-9-24-16)8-15(14)20-18(23)12-3-5-13(6-4-12)19-11(2)22/h3-8H,9H2,1-2H3,(H,19,22)(H,20,23). The molecule has 0 spiro atoms. The molecule has 0 aromatic heterocycles. The van der Waals surface area contributed by atoms with E-state index in [1.54, 1.807) is 36.4 Å². The predicted octanol–water partition coefficient (Wildman–Crippen LogP) is 2.83. The van der Waals surface area contributed by atoms with E-state index in [4.69, 9.17) is 9.47 Å². The van der Waals surface area contributed by atoms with Crippen molar-refractivity contribution in [2.24, 2.45) is 0 Å². The highest BCUT2D eigenvalue weighted by molar-refractivity contribution is 6.09. The van der Waals surface area contributed by atoms with Gasteiger partial charge in [0.25, 0.3) is 5.91 Å². The summed E-state index contributed by atoms with van der Waals surface area (Å²) in [5, 5.41) is 5.34. The van der Waals surface area contributed by atoms with Crippen LogP contribution in [0, 0.1) is 0 Å². The fourth-order valence-corrected chi connectivity index (χ4v) is 2.44. The summed E-state index contributed by atoms with van der Waals surface area (Å²) in [5.41, 5.74) is 1.68. The number of ether oxygens (including phenoxy) is 2. The first-order chi connectivity index (χ1) is 11.9. The molecule has 1 aliphatic rings. The van der Waals surface area contributed by atoms with Crippen LogP contribution in [-0.4, -0.2) is 24.4 Å². The van der Waals surface area contributed by atoms with Crippen molar-refractivity contribution in [3.8, 4) is 11.5 Å². The van der Waals surface area contributed by atoms with Crippen LogP contribution in [0.2, 0.25) is 0 Å². The molecule has 7 heteroatoms. The number of carbonyl (C=O) groups excluding carboxylic acids is 3. The zero-order chi connectivity index (χ0) is 18.0. The average molecular weight is 340 g/mol. The molecule has 1 aliphatic heterocycles. The van der Waals surface area contributed by atoms with Gasteiger partial charge in [-0.25, -0.2) is 0 Å². The fourth-order valence-electron chi connectivity index (χ4n) is 2.44. The molecule has 3 rings (SSSR count). The lowest BCUT2D eigenvalue weighted by atomic mass is 10.1. The average Bonchev–Trinajstić information content (AvgIpc) is 3.01. The number of benzene rings is 2. The number of hydrogen-bond donors (Lipinski definition) is 2. The summed E-state index contributed by atoms with van der Waals surface area (Å²) in [4.78, 5) is 35.3. The van der Waals surface area contributed by atoms with Crippen molar-refractivity contribution in [1.29, 1.82) is 0 Å². The summed E-state index contributed by atoms with van der Waals surface area (Å²) >= 11 is 0. The Balaban J connectivity index is 1.83. The van der Waals surface area contributed by atoms with Gasteiger partial charge in [0.05, 0.1) is 5.69 Å². The molecular weight excluding hydrogens is 324 g/mol. The van der Waals surface area contributed by atoms with E-state index < -0.39 is 0 Å². The quantitative estimate of drug-likeness (QED) is 0.835. The van der Waals surface area contributed by atoms with Gasteiger partial charge >= 0.3 is 0 Å². The van der Waals surface area contributed by atoms with E-state index in [0.717, 1.165) is 0 Å². The minimum atomic E-state index is -0.379. The van der Waals surface area contributed by atoms with Gasteiger partial charge in [-0.3, -0.25) is 14.4 Å². The summed E-state index contributed by atoms with van der Waals surface area (Å²) in [6, 6.07) is 9.55. The van der Waals surface area contributed by atoms with Crippen molar-refractivity contribution < 1.29 is 23.9 Å². The highest BCUT2D eigenvalue weighted by Crippen LogP contribution is 2.37. The van der Waals surface area contributed by atoms with Crippen LogP contribution in [0.3, 0.4) is 0 Å². The molecule has 1 heterocycles. The number of rotatable bonds is 4. The van der Waals surface area contributed by atoms with Gasteiger partial charge in [0.2, 0.25) is 12.7 Å². The minimum absolute atomic E-state index is 0.0781. The van der Waals surface area contributed by atoms with Crippen molar-refractivity contribution in [3.05, 3.63) is 47.5 Å². The van der Waals surface area contributed by atoms with E-state index in [0.29, 0.717) is 34.0 Å². The SMILES string of the molecule is CC(=O)Nc1ccc(C(=O)Nc2cc3c(cc2C(C)=O)OCO3)cc1. The van der Waals surface area contributed by atoms with Gasteiger partial charge in [-0.15, -0.1) is 0 Å². The number of carbonyl (C=O) groups is 3. The van der Waals surface area contributed by atoms with Crippen molar-refractivity contribution >= 4 is 29.0 Å². The molecule has 0 unspecified atom stereocenters. The number of ketones is 1. The van der Waals surface area contributed by atoms with Crippen LogP contribution in [0.5, 0.6) is 11.5 Å². The molecule has 2 amide bonds. The van der Waals surface area contributed by atoms with Gasteiger partial charge in [-0.1, -0.05) is 0 Å². The normalized spacial score (nSPS) is 11.8. The lowest BCUT2D eigenvalue weighted by Gasteiger charge is -2.11. The van der Waals surface area contributed by atoms with Crippen molar-refractivity contribution in [2.75, 3.05) is 17.4 Å². The molecule has 0 saturated heterocycles. The molecule has 0 saturated carbocycles. The third kappa shape index (κ3) is 3.60. The van der Waals surface area contributed by atoms with Crippen molar-refractivity contribution in [2.45, 2.75) is 13.8 Å². The van der Waals surface area contributed by atoms with Gasteiger partial charge < -0.3 is 20.1 Å². The number of amides is 2. The number of nitrogens with one attached hydrogen (secondary N) is 2. The summed E-state index contributed by atoms with van der Waals surface area (Å²) in [5.74, 6) is 0.179. The maximum absolute atomic E-state index is 12.4. The lowest BCUT2D eigenvalue weighted by molar-refractivity contribution is -0.114. The van der Waals surface area contributed by atoms with E-state index in [-0.39, 0.29) is 24.4 Å². The van der Waals surface area contributed by atoms with Gasteiger partial charge in [-0.05, 0) is 37.3 Å². The molecule has 0 fully saturated rings. The zero-order valence-corrected chi connectivity index (χ0v) is 13.7. The fraction of sp³-hybridized carbons (Fsp3) is 0.167. The van der Waals surface area contributed by atoms with E-state index in [2.05, 4.69) is 10.6 Å².